The molecule has 6 heteroatoms. The van der Waals surface area contributed by atoms with Crippen LogP contribution >= 0.6 is 0 Å². The van der Waals surface area contributed by atoms with Gasteiger partial charge in [-0.2, -0.15) is 0 Å². The summed E-state index contributed by atoms with van der Waals surface area (Å²) in [5, 5.41) is 17.4. The molecule has 2 aromatic heterocycles. The van der Waals surface area contributed by atoms with Gasteiger partial charge < -0.3 is 10.0 Å². The number of piperidine rings is 1. The van der Waals surface area contributed by atoms with Crippen molar-refractivity contribution in [1.82, 2.24) is 19.5 Å². The number of carbonyl (C=O) groups is 1. The third kappa shape index (κ3) is 2.63. The predicted octanol–water partition coefficient (Wildman–Crippen LogP) is 2.02. The van der Waals surface area contributed by atoms with Crippen LogP contribution in [0.3, 0.4) is 0 Å². The smallest absolute Gasteiger partial charge is 0.335 e. The summed E-state index contributed by atoms with van der Waals surface area (Å²) in [6, 6.07) is 3.76. The Labute approximate surface area is 123 Å². The van der Waals surface area contributed by atoms with E-state index in [0.717, 1.165) is 31.8 Å². The Kier molecular flexibility index (Phi) is 3.63. The minimum Gasteiger partial charge on any atom is -0.478 e. The van der Waals surface area contributed by atoms with E-state index in [-0.39, 0.29) is 5.56 Å². The van der Waals surface area contributed by atoms with Gasteiger partial charge in [-0.05, 0) is 51.9 Å². The average molecular weight is 288 g/mol. The number of rotatable bonds is 3. The van der Waals surface area contributed by atoms with Gasteiger partial charge in [0.15, 0.2) is 5.65 Å². The lowest BCUT2D eigenvalue weighted by molar-refractivity contribution is 0.0697. The topological polar surface area (TPSA) is 70.7 Å². The molecular formula is C15H20N4O2. The molecule has 0 unspecified atom stereocenters. The number of likely N-dealkylation sites (tertiary alicyclic amines) is 1. The number of nitrogens with zero attached hydrogens (tertiary/aromatic N) is 4. The monoisotopic (exact) mass is 288 g/mol. The SMILES string of the molecule is CC(C)N1CCC(c2nnc3cc(C(=O)O)ccn23)CC1. The van der Waals surface area contributed by atoms with Crippen molar-refractivity contribution < 1.29 is 9.90 Å². The molecule has 0 spiro atoms. The van der Waals surface area contributed by atoms with Crippen LogP contribution in [-0.4, -0.2) is 49.7 Å². The Morgan fingerprint density at radius 2 is 2.05 bits per heavy atom. The summed E-state index contributed by atoms with van der Waals surface area (Å²) in [6.07, 6.45) is 3.91. The highest BCUT2D eigenvalue weighted by molar-refractivity contribution is 5.88. The maximum absolute atomic E-state index is 11.0. The normalized spacial score (nSPS) is 17.7. The number of aromatic carboxylic acids is 1. The van der Waals surface area contributed by atoms with Crippen molar-refractivity contribution in [2.24, 2.45) is 0 Å². The molecule has 112 valence electrons. The Hall–Kier alpha value is -1.95. The van der Waals surface area contributed by atoms with Gasteiger partial charge in [0.25, 0.3) is 0 Å². The zero-order valence-electron chi connectivity index (χ0n) is 12.4. The largest absolute Gasteiger partial charge is 0.478 e. The van der Waals surface area contributed by atoms with E-state index in [0.29, 0.717) is 17.6 Å². The molecule has 2 aromatic rings. The van der Waals surface area contributed by atoms with Gasteiger partial charge in [-0.25, -0.2) is 4.79 Å². The van der Waals surface area contributed by atoms with Crippen molar-refractivity contribution in [3.63, 3.8) is 0 Å². The summed E-state index contributed by atoms with van der Waals surface area (Å²) in [4.78, 5) is 13.5. The van der Waals surface area contributed by atoms with Crippen molar-refractivity contribution in [2.75, 3.05) is 13.1 Å². The second kappa shape index (κ2) is 5.44. The third-order valence-electron chi connectivity index (χ3n) is 4.31. The Morgan fingerprint density at radius 1 is 1.33 bits per heavy atom. The number of hydrogen-bond acceptors (Lipinski definition) is 4. The zero-order valence-corrected chi connectivity index (χ0v) is 12.4. The quantitative estimate of drug-likeness (QED) is 0.935. The Balaban J connectivity index is 1.84. The zero-order chi connectivity index (χ0) is 15.0. The molecule has 1 saturated heterocycles. The van der Waals surface area contributed by atoms with Gasteiger partial charge >= 0.3 is 5.97 Å². The standard InChI is InChI=1S/C15H20N4O2/c1-10(2)18-6-3-11(4-7-18)14-17-16-13-9-12(15(20)21)5-8-19(13)14/h5,8-11H,3-4,6-7H2,1-2H3,(H,20,21). The molecule has 0 bridgehead atoms. The van der Waals surface area contributed by atoms with Gasteiger partial charge in [-0.3, -0.25) is 4.40 Å². The lowest BCUT2D eigenvalue weighted by Crippen LogP contribution is -2.38. The lowest BCUT2D eigenvalue weighted by Gasteiger charge is -2.33. The van der Waals surface area contributed by atoms with Gasteiger partial charge in [0.2, 0.25) is 0 Å². The minimum absolute atomic E-state index is 0.246. The highest BCUT2D eigenvalue weighted by atomic mass is 16.4. The molecule has 0 radical (unpaired) electrons. The highest BCUT2D eigenvalue weighted by Gasteiger charge is 2.25. The van der Waals surface area contributed by atoms with Gasteiger partial charge in [0.05, 0.1) is 5.56 Å². The van der Waals surface area contributed by atoms with Gasteiger partial charge in [0.1, 0.15) is 5.82 Å². The number of hydrogen-bond donors (Lipinski definition) is 1. The van der Waals surface area contributed by atoms with E-state index < -0.39 is 5.97 Å². The van der Waals surface area contributed by atoms with Gasteiger partial charge in [-0.15, -0.1) is 10.2 Å². The minimum atomic E-state index is -0.938. The lowest BCUT2D eigenvalue weighted by atomic mass is 9.95. The van der Waals surface area contributed by atoms with Crippen molar-refractivity contribution in [3.8, 4) is 0 Å². The van der Waals surface area contributed by atoms with Gasteiger partial charge in [0, 0.05) is 18.2 Å². The van der Waals surface area contributed by atoms with Crippen molar-refractivity contribution in [1.29, 1.82) is 0 Å². The van der Waals surface area contributed by atoms with Crippen molar-refractivity contribution in [3.05, 3.63) is 29.7 Å². The fourth-order valence-electron chi connectivity index (χ4n) is 2.99. The van der Waals surface area contributed by atoms with Crippen molar-refractivity contribution in [2.45, 2.75) is 38.6 Å². The molecule has 6 nitrogen and oxygen atoms in total. The molecule has 0 amide bonds. The second-order valence-corrected chi connectivity index (χ2v) is 5.91. The van der Waals surface area contributed by atoms with E-state index in [1.54, 1.807) is 18.3 Å². The molecular weight excluding hydrogens is 268 g/mol. The number of pyridine rings is 1. The summed E-state index contributed by atoms with van der Waals surface area (Å²) < 4.78 is 1.92. The van der Waals surface area contributed by atoms with E-state index in [1.165, 1.54) is 0 Å². The predicted molar refractivity (Wildman–Crippen MR) is 78.6 cm³/mol. The molecule has 3 heterocycles. The van der Waals surface area contributed by atoms with Crippen LogP contribution in [0.2, 0.25) is 0 Å². The third-order valence-corrected chi connectivity index (χ3v) is 4.31. The molecule has 1 aliphatic heterocycles. The van der Waals surface area contributed by atoms with E-state index >= 15 is 0 Å². The van der Waals surface area contributed by atoms with Gasteiger partial charge in [-0.1, -0.05) is 0 Å². The fourth-order valence-corrected chi connectivity index (χ4v) is 2.99. The molecule has 1 fully saturated rings. The van der Waals surface area contributed by atoms with E-state index in [1.807, 2.05) is 4.40 Å². The first-order chi connectivity index (χ1) is 10.1. The second-order valence-electron chi connectivity index (χ2n) is 5.91. The summed E-state index contributed by atoms with van der Waals surface area (Å²) in [7, 11) is 0. The molecule has 0 aromatic carbocycles. The maximum Gasteiger partial charge on any atom is 0.335 e. The Morgan fingerprint density at radius 3 is 2.67 bits per heavy atom. The summed E-state index contributed by atoms with van der Waals surface area (Å²) in [5.41, 5.74) is 0.854. The maximum atomic E-state index is 11.0. The first-order valence-electron chi connectivity index (χ1n) is 7.38. The number of fused-ring (bicyclic) bond motifs is 1. The number of carboxylic acids is 1. The Bertz CT molecular complexity index is 657. The molecule has 1 N–H and O–H groups in total. The average Bonchev–Trinajstić information content (AvgIpc) is 2.90. The number of carboxylic acid groups (broad SMARTS) is 1. The van der Waals surface area contributed by atoms with Crippen LogP contribution in [0.1, 0.15) is 48.8 Å². The molecule has 21 heavy (non-hydrogen) atoms. The van der Waals surface area contributed by atoms with Crippen LogP contribution < -0.4 is 0 Å². The summed E-state index contributed by atoms with van der Waals surface area (Å²) in [5.74, 6) is 0.406. The van der Waals surface area contributed by atoms with Crippen LogP contribution in [0.4, 0.5) is 0 Å². The van der Waals surface area contributed by atoms with Crippen LogP contribution in [0.15, 0.2) is 18.3 Å². The highest BCUT2D eigenvalue weighted by Crippen LogP contribution is 2.28. The molecule has 3 rings (SSSR count). The van der Waals surface area contributed by atoms with E-state index in [9.17, 15) is 4.79 Å². The molecule has 0 atom stereocenters. The summed E-state index contributed by atoms with van der Waals surface area (Å²) in [6.45, 7) is 6.59. The van der Waals surface area contributed by atoms with Crippen LogP contribution in [0, 0.1) is 0 Å². The summed E-state index contributed by atoms with van der Waals surface area (Å²) >= 11 is 0. The fraction of sp³-hybridized carbons (Fsp3) is 0.533. The van der Waals surface area contributed by atoms with Crippen LogP contribution in [0.25, 0.3) is 5.65 Å². The first kappa shape index (κ1) is 14.0. The van der Waals surface area contributed by atoms with E-state index in [2.05, 4.69) is 28.9 Å². The van der Waals surface area contributed by atoms with Crippen LogP contribution in [0.5, 0.6) is 0 Å². The molecule has 0 saturated carbocycles. The van der Waals surface area contributed by atoms with Crippen molar-refractivity contribution >= 4 is 11.6 Å². The first-order valence-corrected chi connectivity index (χ1v) is 7.38. The van der Waals surface area contributed by atoms with Crippen LogP contribution in [-0.2, 0) is 0 Å². The number of aromatic nitrogens is 3. The van der Waals surface area contributed by atoms with E-state index in [4.69, 9.17) is 5.11 Å². The molecule has 0 aliphatic carbocycles. The molecule has 1 aliphatic rings.